The molecule has 0 radical (unpaired) electrons. The van der Waals surface area contributed by atoms with Gasteiger partial charge >= 0.3 is 0 Å². The molecule has 6 heteroatoms. The van der Waals surface area contributed by atoms with Crippen molar-refractivity contribution in [1.29, 1.82) is 0 Å². The quantitative estimate of drug-likeness (QED) is 0.619. The first-order chi connectivity index (χ1) is 8.88. The molecule has 0 unspecified atom stereocenters. The first kappa shape index (κ1) is 12.9. The van der Waals surface area contributed by atoms with Crippen LogP contribution in [0.1, 0.15) is 48.4 Å². The molecule has 6 nitrogen and oxygen atoms in total. The molecule has 0 bridgehead atoms. The standard InChI is InChI=1S/C13H12N2O4/c1-6(16)7-4-9-10(5-8(7)11(17)14-2)13(19)15(3)12(9)18/h4-5H,1-3H3,(H,14,17). The molecule has 3 amide bonds. The van der Waals surface area contributed by atoms with E-state index in [9.17, 15) is 19.2 Å². The molecule has 0 atom stereocenters. The third kappa shape index (κ3) is 1.81. The summed E-state index contributed by atoms with van der Waals surface area (Å²) < 4.78 is 0. The number of hydrogen-bond donors (Lipinski definition) is 1. The minimum atomic E-state index is -0.472. The summed E-state index contributed by atoms with van der Waals surface area (Å²) in [5.41, 5.74) is 0.543. The lowest BCUT2D eigenvalue weighted by Crippen LogP contribution is -2.24. The van der Waals surface area contributed by atoms with Crippen molar-refractivity contribution in [3.05, 3.63) is 34.4 Å². The first-order valence-electron chi connectivity index (χ1n) is 5.62. The molecule has 1 heterocycles. The second-order valence-corrected chi connectivity index (χ2v) is 4.25. The summed E-state index contributed by atoms with van der Waals surface area (Å²) in [6.07, 6.45) is 0. The Kier molecular flexibility index (Phi) is 2.94. The number of amides is 3. The van der Waals surface area contributed by atoms with Crippen LogP contribution in [0.25, 0.3) is 0 Å². The number of fused-ring (bicyclic) bond motifs is 1. The average molecular weight is 260 g/mol. The van der Waals surface area contributed by atoms with Crippen LogP contribution in [-0.4, -0.2) is 42.5 Å². The minimum absolute atomic E-state index is 0.102. The fraction of sp³-hybridized carbons (Fsp3) is 0.231. The molecule has 0 saturated carbocycles. The highest BCUT2D eigenvalue weighted by Gasteiger charge is 2.35. The van der Waals surface area contributed by atoms with Gasteiger partial charge in [0.25, 0.3) is 17.7 Å². The summed E-state index contributed by atoms with van der Waals surface area (Å²) in [6.45, 7) is 1.30. The number of carbonyl (C=O) groups is 4. The van der Waals surface area contributed by atoms with Crippen molar-refractivity contribution in [3.63, 3.8) is 0 Å². The van der Waals surface area contributed by atoms with E-state index in [2.05, 4.69) is 5.32 Å². The van der Waals surface area contributed by atoms with Crippen molar-refractivity contribution in [1.82, 2.24) is 10.2 Å². The Bertz CT molecular complexity index is 634. The molecule has 0 aliphatic carbocycles. The van der Waals surface area contributed by atoms with Gasteiger partial charge in [0.15, 0.2) is 5.78 Å². The first-order valence-corrected chi connectivity index (χ1v) is 5.62. The van der Waals surface area contributed by atoms with E-state index >= 15 is 0 Å². The number of hydrogen-bond acceptors (Lipinski definition) is 4. The summed E-state index contributed by atoms with van der Waals surface area (Å²) in [4.78, 5) is 47.9. The van der Waals surface area contributed by atoms with Crippen molar-refractivity contribution in [2.24, 2.45) is 0 Å². The smallest absolute Gasteiger partial charge is 0.261 e. The van der Waals surface area contributed by atoms with Crippen LogP contribution in [-0.2, 0) is 0 Å². The van der Waals surface area contributed by atoms with Crippen molar-refractivity contribution in [2.75, 3.05) is 14.1 Å². The average Bonchev–Trinajstić information content (AvgIpc) is 2.61. The fourth-order valence-corrected chi connectivity index (χ4v) is 2.02. The Morgan fingerprint density at radius 3 is 1.95 bits per heavy atom. The highest BCUT2D eigenvalue weighted by molar-refractivity contribution is 6.23. The Hall–Kier alpha value is -2.50. The predicted octanol–water partition coefficient (Wildman–Crippen LogP) is 0.475. The largest absolute Gasteiger partial charge is 0.355 e. The van der Waals surface area contributed by atoms with E-state index in [1.54, 1.807) is 0 Å². The van der Waals surface area contributed by atoms with Crippen LogP contribution < -0.4 is 5.32 Å². The van der Waals surface area contributed by atoms with E-state index < -0.39 is 17.7 Å². The second-order valence-electron chi connectivity index (χ2n) is 4.25. The number of ketones is 1. The maximum absolute atomic E-state index is 11.8. The summed E-state index contributed by atoms with van der Waals surface area (Å²) in [5, 5.41) is 2.40. The molecule has 1 N–H and O–H groups in total. The lowest BCUT2D eigenvalue weighted by molar-refractivity contribution is 0.0692. The lowest BCUT2D eigenvalue weighted by atomic mass is 9.97. The van der Waals surface area contributed by atoms with E-state index in [-0.39, 0.29) is 28.0 Å². The number of imide groups is 1. The number of carbonyl (C=O) groups excluding carboxylic acids is 4. The number of rotatable bonds is 2. The highest BCUT2D eigenvalue weighted by Crippen LogP contribution is 2.25. The van der Waals surface area contributed by atoms with Gasteiger partial charge in [0.1, 0.15) is 0 Å². The van der Waals surface area contributed by atoms with Gasteiger partial charge in [-0.05, 0) is 19.1 Å². The van der Waals surface area contributed by atoms with Crippen LogP contribution in [0.5, 0.6) is 0 Å². The van der Waals surface area contributed by atoms with Gasteiger partial charge < -0.3 is 5.32 Å². The van der Waals surface area contributed by atoms with E-state index in [4.69, 9.17) is 0 Å². The van der Waals surface area contributed by atoms with Crippen molar-refractivity contribution >= 4 is 23.5 Å². The summed E-state index contributed by atoms with van der Waals surface area (Å²) >= 11 is 0. The molecule has 0 spiro atoms. The second kappa shape index (κ2) is 4.31. The zero-order valence-electron chi connectivity index (χ0n) is 10.7. The van der Waals surface area contributed by atoms with E-state index in [1.165, 1.54) is 33.2 Å². The molecule has 0 saturated heterocycles. The molecule has 0 aromatic heterocycles. The zero-order valence-corrected chi connectivity index (χ0v) is 10.7. The Balaban J connectivity index is 2.73. The van der Waals surface area contributed by atoms with Gasteiger partial charge in [-0.1, -0.05) is 0 Å². The van der Waals surface area contributed by atoms with E-state index in [0.717, 1.165) is 4.90 Å². The summed E-state index contributed by atoms with van der Waals surface area (Å²) in [5.74, 6) is -1.75. The molecule has 2 rings (SSSR count). The van der Waals surface area contributed by atoms with Crippen molar-refractivity contribution < 1.29 is 19.2 Å². The number of Topliss-reactive ketones (excluding diaryl/α,β-unsaturated/α-hetero) is 1. The molecule has 1 aliphatic rings. The van der Waals surface area contributed by atoms with Gasteiger partial charge in [-0.2, -0.15) is 0 Å². The molecule has 98 valence electrons. The molecule has 1 aromatic rings. The monoisotopic (exact) mass is 260 g/mol. The van der Waals surface area contributed by atoms with E-state index in [1.807, 2.05) is 0 Å². The van der Waals surface area contributed by atoms with Gasteiger partial charge in [-0.3, -0.25) is 24.1 Å². The van der Waals surface area contributed by atoms with Crippen LogP contribution in [0.15, 0.2) is 12.1 Å². The number of benzene rings is 1. The van der Waals surface area contributed by atoms with Crippen LogP contribution in [0, 0.1) is 0 Å². The fourth-order valence-electron chi connectivity index (χ4n) is 2.02. The molecule has 1 aliphatic heterocycles. The van der Waals surface area contributed by atoms with Gasteiger partial charge in [0.2, 0.25) is 0 Å². The summed E-state index contributed by atoms with van der Waals surface area (Å²) in [7, 11) is 2.79. The topological polar surface area (TPSA) is 83.6 Å². The van der Waals surface area contributed by atoms with E-state index in [0.29, 0.717) is 0 Å². The SMILES string of the molecule is CNC(=O)c1cc2c(cc1C(C)=O)C(=O)N(C)C2=O. The summed E-state index contributed by atoms with van der Waals surface area (Å²) in [6, 6.07) is 2.61. The normalized spacial score (nSPS) is 13.5. The molecular weight excluding hydrogens is 248 g/mol. The molecule has 0 fully saturated rings. The Morgan fingerprint density at radius 2 is 1.53 bits per heavy atom. The minimum Gasteiger partial charge on any atom is -0.355 e. The molecular formula is C13H12N2O4. The van der Waals surface area contributed by atoms with Crippen LogP contribution in [0.3, 0.4) is 0 Å². The molecule has 19 heavy (non-hydrogen) atoms. The zero-order chi connectivity index (χ0) is 14.3. The van der Waals surface area contributed by atoms with Crippen molar-refractivity contribution in [3.8, 4) is 0 Å². The maximum Gasteiger partial charge on any atom is 0.261 e. The molecule has 1 aromatic carbocycles. The van der Waals surface area contributed by atoms with Gasteiger partial charge in [0.05, 0.1) is 16.7 Å². The maximum atomic E-state index is 11.8. The third-order valence-electron chi connectivity index (χ3n) is 3.08. The number of nitrogens with one attached hydrogen (secondary N) is 1. The van der Waals surface area contributed by atoms with Crippen LogP contribution >= 0.6 is 0 Å². The highest BCUT2D eigenvalue weighted by atomic mass is 16.2. The Morgan fingerprint density at radius 1 is 1.05 bits per heavy atom. The predicted molar refractivity (Wildman–Crippen MR) is 66.3 cm³/mol. The van der Waals surface area contributed by atoms with Crippen LogP contribution in [0.2, 0.25) is 0 Å². The van der Waals surface area contributed by atoms with Crippen LogP contribution in [0.4, 0.5) is 0 Å². The third-order valence-corrected chi connectivity index (χ3v) is 3.08. The Labute approximate surface area is 109 Å². The number of nitrogens with zero attached hydrogens (tertiary/aromatic N) is 1. The lowest BCUT2D eigenvalue weighted by Gasteiger charge is -2.07. The van der Waals surface area contributed by atoms with Crippen molar-refractivity contribution in [2.45, 2.75) is 6.92 Å². The van der Waals surface area contributed by atoms with Gasteiger partial charge in [-0.15, -0.1) is 0 Å². The van der Waals surface area contributed by atoms with Gasteiger partial charge in [0, 0.05) is 19.7 Å². The van der Waals surface area contributed by atoms with Gasteiger partial charge in [-0.25, -0.2) is 0 Å².